The van der Waals surface area contributed by atoms with E-state index in [1.165, 1.54) is 35.9 Å². The fourth-order valence-electron chi connectivity index (χ4n) is 4.03. The lowest BCUT2D eigenvalue weighted by Gasteiger charge is -2.33. The Kier molecular flexibility index (Phi) is 6.66. The van der Waals surface area contributed by atoms with Crippen LogP contribution in [-0.4, -0.2) is 37.7 Å². The number of sulfonamides is 1. The summed E-state index contributed by atoms with van der Waals surface area (Å²) >= 11 is 0. The van der Waals surface area contributed by atoms with E-state index >= 15 is 0 Å². The molecule has 12 heteroatoms. The number of carbonyl (C=O) groups excluding carboxylic acids is 3. The van der Waals surface area contributed by atoms with Crippen LogP contribution in [0.5, 0.6) is 0 Å². The first-order valence-electron chi connectivity index (χ1n) is 10.2. The molecule has 0 spiro atoms. The fraction of sp³-hybridized carbons (Fsp3) is 0.261. The van der Waals surface area contributed by atoms with Crippen LogP contribution in [0.15, 0.2) is 64.7 Å². The highest BCUT2D eigenvalue weighted by molar-refractivity contribution is 7.89. The molecule has 1 unspecified atom stereocenters. The first-order valence-corrected chi connectivity index (χ1v) is 11.7. The zero-order chi connectivity index (χ0) is 26.3. The molecule has 1 atom stereocenters. The van der Waals surface area contributed by atoms with Crippen molar-refractivity contribution in [1.29, 1.82) is 0 Å². The van der Waals surface area contributed by atoms with Crippen molar-refractivity contribution in [2.45, 2.75) is 44.3 Å². The molecule has 1 heterocycles. The van der Waals surface area contributed by atoms with Crippen LogP contribution in [0.3, 0.4) is 0 Å². The van der Waals surface area contributed by atoms with Gasteiger partial charge in [-0.25, -0.2) is 8.42 Å². The number of hydrogen-bond acceptors (Lipinski definition) is 5. The van der Waals surface area contributed by atoms with E-state index < -0.39 is 49.8 Å². The average Bonchev–Trinajstić information content (AvgIpc) is 2.95. The zero-order valence-corrected chi connectivity index (χ0v) is 20.0. The number of aryl methyl sites for hydroxylation is 1. The van der Waals surface area contributed by atoms with Crippen LogP contribution < -0.4 is 14.9 Å². The van der Waals surface area contributed by atoms with E-state index in [9.17, 15) is 36.0 Å². The van der Waals surface area contributed by atoms with E-state index in [0.29, 0.717) is 10.5 Å². The molecule has 0 saturated carbocycles. The first-order chi connectivity index (χ1) is 16.1. The summed E-state index contributed by atoms with van der Waals surface area (Å²) in [5.74, 6) is -3.22. The number of amides is 2. The maximum atomic E-state index is 14.7. The van der Waals surface area contributed by atoms with Crippen molar-refractivity contribution in [2.75, 3.05) is 10.2 Å². The number of Topliss-reactive ketones (excluding diaryl/α,β-unsaturated/α-hetero) is 1. The third-order valence-corrected chi connectivity index (χ3v) is 6.97. The van der Waals surface area contributed by atoms with Gasteiger partial charge in [-0.05, 0) is 56.7 Å². The molecule has 2 amide bonds. The van der Waals surface area contributed by atoms with Gasteiger partial charge in [0.05, 0.1) is 16.2 Å². The van der Waals surface area contributed by atoms with Gasteiger partial charge in [-0.15, -0.1) is 0 Å². The smallest absolute Gasteiger partial charge is 0.326 e. The first kappa shape index (κ1) is 26.1. The SMILES string of the molecule is CC(=O)Nc1ccc(S(=O)(=O)NC2(C(F)(F)F)C(=O)N(c3ccccc3C)C(C)=C2C(C)=O)cc1. The van der Waals surface area contributed by atoms with E-state index in [0.717, 1.165) is 26.0 Å². The quantitative estimate of drug-likeness (QED) is 0.620. The van der Waals surface area contributed by atoms with Gasteiger partial charge < -0.3 is 5.32 Å². The van der Waals surface area contributed by atoms with Crippen molar-refractivity contribution in [3.05, 3.63) is 65.4 Å². The molecule has 0 bridgehead atoms. The van der Waals surface area contributed by atoms with Gasteiger partial charge in [0.2, 0.25) is 21.5 Å². The van der Waals surface area contributed by atoms with Gasteiger partial charge in [-0.1, -0.05) is 18.2 Å². The lowest BCUT2D eigenvalue weighted by Crippen LogP contribution is -2.66. The summed E-state index contributed by atoms with van der Waals surface area (Å²) in [5, 5.41) is 2.41. The van der Waals surface area contributed by atoms with Crippen LogP contribution in [0.25, 0.3) is 0 Å². The van der Waals surface area contributed by atoms with E-state index in [2.05, 4.69) is 5.32 Å². The number of alkyl halides is 3. The predicted octanol–water partition coefficient (Wildman–Crippen LogP) is 3.44. The summed E-state index contributed by atoms with van der Waals surface area (Å²) in [6.07, 6.45) is -5.51. The largest absolute Gasteiger partial charge is 0.421 e. The monoisotopic (exact) mass is 509 g/mol. The van der Waals surface area contributed by atoms with Crippen LogP contribution in [0.2, 0.25) is 0 Å². The Morgan fingerprint density at radius 3 is 2.03 bits per heavy atom. The zero-order valence-electron chi connectivity index (χ0n) is 19.1. The van der Waals surface area contributed by atoms with Crippen LogP contribution >= 0.6 is 0 Å². The highest BCUT2D eigenvalue weighted by Gasteiger charge is 2.70. The molecule has 186 valence electrons. The number of rotatable bonds is 6. The molecule has 35 heavy (non-hydrogen) atoms. The molecule has 2 aromatic rings. The van der Waals surface area contributed by atoms with Crippen molar-refractivity contribution in [1.82, 2.24) is 4.72 Å². The van der Waals surface area contributed by atoms with Crippen molar-refractivity contribution < 1.29 is 36.0 Å². The Labute approximate surface area is 199 Å². The normalized spacial score (nSPS) is 18.7. The van der Waals surface area contributed by atoms with Crippen molar-refractivity contribution in [3.8, 4) is 0 Å². The second-order valence-corrected chi connectivity index (χ2v) is 9.68. The standard InChI is InChI=1S/C23H22F3N3O5S/c1-13-7-5-6-8-19(13)29-14(2)20(15(3)30)22(21(29)32,23(24,25)26)28-35(33,34)18-11-9-17(10-12-18)27-16(4)31/h5-12,28H,1-4H3,(H,27,31). The maximum Gasteiger partial charge on any atom is 0.421 e. The number of anilines is 2. The Hall–Kier alpha value is -3.51. The number of para-hydroxylation sites is 1. The molecule has 1 aliphatic heterocycles. The van der Waals surface area contributed by atoms with Gasteiger partial charge in [0.25, 0.3) is 5.91 Å². The van der Waals surface area contributed by atoms with Gasteiger partial charge in [0.1, 0.15) is 0 Å². The van der Waals surface area contributed by atoms with Gasteiger partial charge in [-0.3, -0.25) is 19.3 Å². The third-order valence-electron chi connectivity index (χ3n) is 5.50. The maximum absolute atomic E-state index is 14.7. The molecule has 0 aromatic heterocycles. The van der Waals surface area contributed by atoms with Crippen LogP contribution in [0.1, 0.15) is 26.3 Å². The van der Waals surface area contributed by atoms with E-state index in [4.69, 9.17) is 0 Å². The molecular formula is C23H22F3N3O5S. The van der Waals surface area contributed by atoms with Crippen LogP contribution in [-0.2, 0) is 24.4 Å². The Morgan fingerprint density at radius 2 is 1.54 bits per heavy atom. The number of halogens is 3. The van der Waals surface area contributed by atoms with Crippen molar-refractivity contribution >= 4 is 39.0 Å². The number of benzene rings is 2. The van der Waals surface area contributed by atoms with E-state index in [-0.39, 0.29) is 17.1 Å². The third kappa shape index (κ3) is 4.46. The van der Waals surface area contributed by atoms with Crippen molar-refractivity contribution in [2.24, 2.45) is 0 Å². The average molecular weight is 510 g/mol. The van der Waals surface area contributed by atoms with Gasteiger partial charge in [0.15, 0.2) is 5.78 Å². The minimum Gasteiger partial charge on any atom is -0.326 e. The topological polar surface area (TPSA) is 113 Å². The number of carbonyl (C=O) groups is 3. The summed E-state index contributed by atoms with van der Waals surface area (Å²) in [5.41, 5.74) is -4.46. The number of nitrogens with zero attached hydrogens (tertiary/aromatic N) is 1. The van der Waals surface area contributed by atoms with Gasteiger partial charge in [-0.2, -0.15) is 17.9 Å². The van der Waals surface area contributed by atoms with Crippen LogP contribution in [0, 0.1) is 6.92 Å². The summed E-state index contributed by atoms with van der Waals surface area (Å²) in [6, 6.07) is 10.4. The van der Waals surface area contributed by atoms with Crippen molar-refractivity contribution in [3.63, 3.8) is 0 Å². The molecule has 0 aliphatic carbocycles. The summed E-state index contributed by atoms with van der Waals surface area (Å²) < 4.78 is 71.8. The number of hydrogen-bond donors (Lipinski definition) is 2. The molecule has 0 radical (unpaired) electrons. The highest BCUT2D eigenvalue weighted by atomic mass is 32.2. The number of nitrogens with one attached hydrogen (secondary N) is 2. The Bertz CT molecular complexity index is 1350. The second kappa shape index (κ2) is 8.93. The van der Waals surface area contributed by atoms with Gasteiger partial charge in [0, 0.05) is 18.3 Å². The summed E-state index contributed by atoms with van der Waals surface area (Å²) in [4.78, 5) is 37.2. The molecule has 3 rings (SSSR count). The molecule has 2 aromatic carbocycles. The Morgan fingerprint density at radius 1 is 0.971 bits per heavy atom. The molecule has 0 fully saturated rings. The minimum atomic E-state index is -5.51. The number of allylic oxidation sites excluding steroid dienone is 1. The lowest BCUT2D eigenvalue weighted by atomic mass is 9.88. The Balaban J connectivity index is 2.20. The molecule has 0 saturated heterocycles. The second-order valence-electron chi connectivity index (χ2n) is 8.00. The summed E-state index contributed by atoms with van der Waals surface area (Å²) in [6.45, 7) is 4.79. The molecule has 2 N–H and O–H groups in total. The highest BCUT2D eigenvalue weighted by Crippen LogP contribution is 2.47. The number of ketones is 1. The molecule has 8 nitrogen and oxygen atoms in total. The molecular weight excluding hydrogens is 487 g/mol. The predicted molar refractivity (Wildman–Crippen MR) is 122 cm³/mol. The fourth-order valence-corrected chi connectivity index (χ4v) is 5.35. The minimum absolute atomic E-state index is 0.0822. The molecule has 1 aliphatic rings. The lowest BCUT2D eigenvalue weighted by molar-refractivity contribution is -0.183. The van der Waals surface area contributed by atoms with Crippen LogP contribution in [0.4, 0.5) is 24.5 Å². The van der Waals surface area contributed by atoms with E-state index in [1.54, 1.807) is 19.1 Å². The van der Waals surface area contributed by atoms with E-state index in [1.807, 2.05) is 0 Å². The van der Waals surface area contributed by atoms with Gasteiger partial charge >= 0.3 is 6.18 Å². The summed E-state index contributed by atoms with van der Waals surface area (Å²) in [7, 11) is -4.99.